The van der Waals surface area contributed by atoms with Crippen molar-refractivity contribution in [3.63, 3.8) is 0 Å². The number of carbonyl (C=O) groups is 1. The second-order valence-corrected chi connectivity index (χ2v) is 5.74. The molecule has 0 spiro atoms. The van der Waals surface area contributed by atoms with Gasteiger partial charge in [0.1, 0.15) is 0 Å². The van der Waals surface area contributed by atoms with Crippen molar-refractivity contribution in [3.05, 3.63) is 0 Å². The lowest BCUT2D eigenvalue weighted by Gasteiger charge is -2.27. The minimum Gasteiger partial charge on any atom is -0.307 e. The monoisotopic (exact) mass is 197 g/mol. The van der Waals surface area contributed by atoms with Crippen molar-refractivity contribution in [2.75, 3.05) is 6.54 Å². The first kappa shape index (κ1) is 11.7. The van der Waals surface area contributed by atoms with Crippen LogP contribution in [0.15, 0.2) is 0 Å². The molecule has 14 heavy (non-hydrogen) atoms. The van der Waals surface area contributed by atoms with Crippen molar-refractivity contribution in [1.29, 1.82) is 0 Å². The highest BCUT2D eigenvalue weighted by Gasteiger charge is 2.38. The predicted octanol–water partition coefficient (Wildman–Crippen LogP) is 2.24. The second-order valence-electron chi connectivity index (χ2n) is 5.74. The lowest BCUT2D eigenvalue weighted by atomic mass is 9.78. The highest BCUT2D eigenvalue weighted by Crippen LogP contribution is 2.29. The third-order valence-corrected chi connectivity index (χ3v) is 3.15. The molecule has 1 N–H and O–H groups in total. The van der Waals surface area contributed by atoms with E-state index in [0.717, 1.165) is 13.0 Å². The van der Waals surface area contributed by atoms with Crippen LogP contribution < -0.4 is 5.32 Å². The van der Waals surface area contributed by atoms with Gasteiger partial charge < -0.3 is 5.32 Å². The predicted molar refractivity (Wildman–Crippen MR) is 59.2 cm³/mol. The third-order valence-electron chi connectivity index (χ3n) is 3.15. The van der Waals surface area contributed by atoms with Gasteiger partial charge in [0.2, 0.25) is 0 Å². The fraction of sp³-hybridized carbons (Fsp3) is 0.917. The number of hydrogen-bond donors (Lipinski definition) is 1. The van der Waals surface area contributed by atoms with Crippen molar-refractivity contribution in [1.82, 2.24) is 5.32 Å². The maximum absolute atomic E-state index is 12.1. The van der Waals surface area contributed by atoms with Crippen LogP contribution in [-0.4, -0.2) is 18.4 Å². The second kappa shape index (κ2) is 4.01. The van der Waals surface area contributed by atoms with Crippen LogP contribution in [-0.2, 0) is 4.79 Å². The van der Waals surface area contributed by atoms with Gasteiger partial charge in [0.05, 0.1) is 6.04 Å². The number of hydrogen-bond acceptors (Lipinski definition) is 2. The summed E-state index contributed by atoms with van der Waals surface area (Å²) in [5.74, 6) is 1.50. The van der Waals surface area contributed by atoms with E-state index in [-0.39, 0.29) is 11.5 Å². The largest absolute Gasteiger partial charge is 0.307 e. The molecule has 2 unspecified atom stereocenters. The highest BCUT2D eigenvalue weighted by atomic mass is 16.1. The van der Waals surface area contributed by atoms with E-state index in [1.807, 2.05) is 20.8 Å². The van der Waals surface area contributed by atoms with Crippen molar-refractivity contribution in [2.45, 2.75) is 47.1 Å². The van der Waals surface area contributed by atoms with Gasteiger partial charge in [0.25, 0.3) is 0 Å². The molecule has 2 heteroatoms. The molecule has 2 nitrogen and oxygen atoms in total. The van der Waals surface area contributed by atoms with Gasteiger partial charge in [-0.3, -0.25) is 4.79 Å². The van der Waals surface area contributed by atoms with E-state index >= 15 is 0 Å². The zero-order chi connectivity index (χ0) is 10.9. The normalized spacial score (nSPS) is 28.4. The molecule has 0 saturated carbocycles. The van der Waals surface area contributed by atoms with Gasteiger partial charge in [-0.15, -0.1) is 0 Å². The molecular formula is C12H23NO. The van der Waals surface area contributed by atoms with Crippen molar-refractivity contribution in [2.24, 2.45) is 17.3 Å². The van der Waals surface area contributed by atoms with E-state index in [1.165, 1.54) is 0 Å². The Balaban J connectivity index is 2.72. The maximum Gasteiger partial charge on any atom is 0.155 e. The first-order valence-corrected chi connectivity index (χ1v) is 5.61. The van der Waals surface area contributed by atoms with E-state index in [2.05, 4.69) is 19.2 Å². The molecule has 0 bridgehead atoms. The van der Waals surface area contributed by atoms with Gasteiger partial charge >= 0.3 is 0 Å². The van der Waals surface area contributed by atoms with Crippen LogP contribution in [0.3, 0.4) is 0 Å². The number of rotatable bonds is 2. The number of nitrogens with one attached hydrogen (secondary N) is 1. The molecule has 1 saturated heterocycles. The fourth-order valence-corrected chi connectivity index (χ4v) is 2.20. The van der Waals surface area contributed by atoms with E-state index in [0.29, 0.717) is 17.6 Å². The summed E-state index contributed by atoms with van der Waals surface area (Å²) in [7, 11) is 0. The molecular weight excluding hydrogens is 174 g/mol. The standard InChI is InChI=1S/C12H23NO/c1-8(2)9-6-7-13-10(9)11(14)12(3,4)5/h8-10,13H,6-7H2,1-5H3. The Hall–Kier alpha value is -0.370. The molecule has 1 fully saturated rings. The topological polar surface area (TPSA) is 29.1 Å². The highest BCUT2D eigenvalue weighted by molar-refractivity contribution is 5.89. The van der Waals surface area contributed by atoms with E-state index in [4.69, 9.17) is 0 Å². The van der Waals surface area contributed by atoms with Crippen molar-refractivity contribution >= 4 is 5.78 Å². The summed E-state index contributed by atoms with van der Waals surface area (Å²) in [6.45, 7) is 11.4. The Labute approximate surface area is 87.5 Å². The quantitative estimate of drug-likeness (QED) is 0.735. The van der Waals surface area contributed by atoms with E-state index in [9.17, 15) is 4.79 Å². The lowest BCUT2D eigenvalue weighted by Crippen LogP contribution is -2.43. The van der Waals surface area contributed by atoms with Crippen LogP contribution in [0.25, 0.3) is 0 Å². The molecule has 0 aromatic heterocycles. The molecule has 0 aliphatic carbocycles. The van der Waals surface area contributed by atoms with Crippen molar-refractivity contribution < 1.29 is 4.79 Å². The fourth-order valence-electron chi connectivity index (χ4n) is 2.20. The smallest absolute Gasteiger partial charge is 0.155 e. The minimum atomic E-state index is -0.213. The molecule has 0 radical (unpaired) electrons. The molecule has 0 aromatic carbocycles. The average molecular weight is 197 g/mol. The Morgan fingerprint density at radius 3 is 2.36 bits per heavy atom. The van der Waals surface area contributed by atoms with Gasteiger partial charge in [0.15, 0.2) is 5.78 Å². The molecule has 1 rings (SSSR count). The van der Waals surface area contributed by atoms with Crippen LogP contribution in [0.4, 0.5) is 0 Å². The summed E-state index contributed by atoms with van der Waals surface area (Å²) < 4.78 is 0. The van der Waals surface area contributed by atoms with Gasteiger partial charge in [0, 0.05) is 5.41 Å². The van der Waals surface area contributed by atoms with Crippen LogP contribution in [0.2, 0.25) is 0 Å². The van der Waals surface area contributed by atoms with Crippen LogP contribution >= 0.6 is 0 Å². The number of carbonyl (C=O) groups excluding carboxylic acids is 1. The minimum absolute atomic E-state index is 0.0926. The number of ketones is 1. The summed E-state index contributed by atoms with van der Waals surface area (Å²) in [5.41, 5.74) is -0.213. The summed E-state index contributed by atoms with van der Waals surface area (Å²) >= 11 is 0. The summed E-state index contributed by atoms with van der Waals surface area (Å²) in [6, 6.07) is 0.0926. The Morgan fingerprint density at radius 1 is 1.36 bits per heavy atom. The zero-order valence-corrected chi connectivity index (χ0v) is 10.1. The van der Waals surface area contributed by atoms with Gasteiger partial charge in [-0.25, -0.2) is 0 Å². The Morgan fingerprint density at radius 2 is 1.93 bits per heavy atom. The first-order chi connectivity index (χ1) is 6.34. The van der Waals surface area contributed by atoms with E-state index in [1.54, 1.807) is 0 Å². The summed E-state index contributed by atoms with van der Waals surface area (Å²) in [6.07, 6.45) is 1.14. The third kappa shape index (κ3) is 2.35. The Kier molecular flexibility index (Phi) is 3.36. The molecule has 2 atom stereocenters. The van der Waals surface area contributed by atoms with Crippen LogP contribution in [0.1, 0.15) is 41.0 Å². The molecule has 1 aliphatic rings. The van der Waals surface area contributed by atoms with Gasteiger partial charge in [-0.1, -0.05) is 34.6 Å². The van der Waals surface area contributed by atoms with Gasteiger partial charge in [-0.2, -0.15) is 0 Å². The molecule has 1 heterocycles. The molecule has 0 aromatic rings. The molecule has 0 amide bonds. The summed E-state index contributed by atoms with van der Waals surface area (Å²) in [4.78, 5) is 12.1. The number of Topliss-reactive ketones (excluding diaryl/α,β-unsaturated/α-hetero) is 1. The van der Waals surface area contributed by atoms with E-state index < -0.39 is 0 Å². The molecule has 1 aliphatic heterocycles. The Bertz CT molecular complexity index is 215. The lowest BCUT2D eigenvalue weighted by molar-refractivity contribution is -0.129. The van der Waals surface area contributed by atoms with Crippen LogP contribution in [0.5, 0.6) is 0 Å². The SMILES string of the molecule is CC(C)C1CCNC1C(=O)C(C)(C)C. The maximum atomic E-state index is 12.1. The van der Waals surface area contributed by atoms with Crippen molar-refractivity contribution in [3.8, 4) is 0 Å². The zero-order valence-electron chi connectivity index (χ0n) is 10.1. The van der Waals surface area contributed by atoms with Gasteiger partial charge in [-0.05, 0) is 24.8 Å². The van der Waals surface area contributed by atoms with Crippen LogP contribution in [0, 0.1) is 17.3 Å². The average Bonchev–Trinajstić information content (AvgIpc) is 2.48. The summed E-state index contributed by atoms with van der Waals surface area (Å²) in [5, 5.41) is 3.34. The first-order valence-electron chi connectivity index (χ1n) is 5.61. The molecule has 82 valence electrons.